The van der Waals surface area contributed by atoms with E-state index in [4.69, 9.17) is 4.74 Å². The second kappa shape index (κ2) is 7.48. The Morgan fingerprint density at radius 1 is 1.29 bits per heavy atom. The first-order chi connectivity index (χ1) is 10.1. The van der Waals surface area contributed by atoms with E-state index in [-0.39, 0.29) is 11.8 Å². The fraction of sp³-hybridized carbons (Fsp3) is 0.611. The number of benzene rings is 1. The predicted octanol–water partition coefficient (Wildman–Crippen LogP) is 4.49. The SMILES string of the molecule is CCCC1CC[C@@H](C)C[C@H]1C(=O)Nc1ccc(OC)cc1. The fourth-order valence-electron chi connectivity index (χ4n) is 3.39. The van der Waals surface area contributed by atoms with Gasteiger partial charge in [0.2, 0.25) is 5.91 Å². The van der Waals surface area contributed by atoms with E-state index >= 15 is 0 Å². The normalized spacial score (nSPS) is 25.4. The third kappa shape index (κ3) is 4.23. The van der Waals surface area contributed by atoms with Crippen molar-refractivity contribution in [3.63, 3.8) is 0 Å². The maximum atomic E-state index is 12.6. The Balaban J connectivity index is 2.01. The molecule has 1 aliphatic carbocycles. The molecule has 0 aromatic heterocycles. The van der Waals surface area contributed by atoms with Crippen LogP contribution in [0.1, 0.15) is 46.0 Å². The quantitative estimate of drug-likeness (QED) is 0.867. The Bertz CT molecular complexity index is 455. The van der Waals surface area contributed by atoms with Gasteiger partial charge in [-0.2, -0.15) is 0 Å². The number of nitrogens with one attached hydrogen (secondary N) is 1. The summed E-state index contributed by atoms with van der Waals surface area (Å²) in [6.45, 7) is 4.46. The van der Waals surface area contributed by atoms with Crippen LogP contribution in [0.2, 0.25) is 0 Å². The van der Waals surface area contributed by atoms with Gasteiger partial charge in [0.05, 0.1) is 7.11 Å². The van der Waals surface area contributed by atoms with Gasteiger partial charge < -0.3 is 10.1 Å². The van der Waals surface area contributed by atoms with Crippen LogP contribution in [-0.2, 0) is 4.79 Å². The summed E-state index contributed by atoms with van der Waals surface area (Å²) >= 11 is 0. The molecule has 2 rings (SSSR count). The summed E-state index contributed by atoms with van der Waals surface area (Å²) in [4.78, 5) is 12.6. The second-order valence-corrected chi connectivity index (χ2v) is 6.29. The van der Waals surface area contributed by atoms with E-state index in [1.807, 2.05) is 24.3 Å². The molecule has 1 aromatic carbocycles. The number of ether oxygens (including phenoxy) is 1. The zero-order valence-electron chi connectivity index (χ0n) is 13.4. The van der Waals surface area contributed by atoms with Gasteiger partial charge in [0.15, 0.2) is 0 Å². The number of carbonyl (C=O) groups is 1. The molecule has 1 saturated carbocycles. The van der Waals surface area contributed by atoms with Crippen molar-refractivity contribution in [2.24, 2.45) is 17.8 Å². The first-order valence-corrected chi connectivity index (χ1v) is 8.09. The molecule has 1 unspecified atom stereocenters. The van der Waals surface area contributed by atoms with E-state index in [0.29, 0.717) is 11.8 Å². The lowest BCUT2D eigenvalue weighted by Crippen LogP contribution is -2.34. The maximum absolute atomic E-state index is 12.6. The molecule has 1 aliphatic rings. The largest absolute Gasteiger partial charge is 0.497 e. The molecule has 0 saturated heterocycles. The van der Waals surface area contributed by atoms with Crippen molar-refractivity contribution >= 4 is 11.6 Å². The zero-order chi connectivity index (χ0) is 15.2. The lowest BCUT2D eigenvalue weighted by molar-refractivity contribution is -0.123. The van der Waals surface area contributed by atoms with Crippen molar-refractivity contribution in [3.8, 4) is 5.75 Å². The summed E-state index contributed by atoms with van der Waals surface area (Å²) in [5, 5.41) is 3.08. The number of hydrogen-bond donors (Lipinski definition) is 1. The average Bonchev–Trinajstić information content (AvgIpc) is 2.50. The van der Waals surface area contributed by atoms with Crippen LogP contribution in [0, 0.1) is 17.8 Å². The van der Waals surface area contributed by atoms with E-state index in [2.05, 4.69) is 19.2 Å². The first kappa shape index (κ1) is 15.9. The average molecular weight is 289 g/mol. The molecule has 0 radical (unpaired) electrons. The third-order valence-corrected chi connectivity index (χ3v) is 4.61. The number of hydrogen-bond acceptors (Lipinski definition) is 2. The minimum Gasteiger partial charge on any atom is -0.497 e. The highest BCUT2D eigenvalue weighted by Crippen LogP contribution is 2.37. The van der Waals surface area contributed by atoms with Crippen molar-refractivity contribution < 1.29 is 9.53 Å². The van der Waals surface area contributed by atoms with E-state index < -0.39 is 0 Å². The fourth-order valence-corrected chi connectivity index (χ4v) is 3.39. The van der Waals surface area contributed by atoms with E-state index in [1.54, 1.807) is 7.11 Å². The third-order valence-electron chi connectivity index (χ3n) is 4.61. The van der Waals surface area contributed by atoms with Crippen molar-refractivity contribution in [1.82, 2.24) is 0 Å². The van der Waals surface area contributed by atoms with Crippen molar-refractivity contribution in [2.75, 3.05) is 12.4 Å². The number of carbonyl (C=O) groups excluding carboxylic acids is 1. The van der Waals surface area contributed by atoms with Crippen LogP contribution in [-0.4, -0.2) is 13.0 Å². The van der Waals surface area contributed by atoms with Gasteiger partial charge >= 0.3 is 0 Å². The molecule has 116 valence electrons. The minimum absolute atomic E-state index is 0.163. The van der Waals surface area contributed by atoms with Gasteiger partial charge in [-0.3, -0.25) is 4.79 Å². The monoisotopic (exact) mass is 289 g/mol. The molecule has 1 fully saturated rings. The Morgan fingerprint density at radius 3 is 2.62 bits per heavy atom. The molecule has 1 amide bonds. The van der Waals surface area contributed by atoms with Crippen LogP contribution >= 0.6 is 0 Å². The van der Waals surface area contributed by atoms with Gasteiger partial charge in [-0.25, -0.2) is 0 Å². The Morgan fingerprint density at radius 2 is 2.00 bits per heavy atom. The van der Waals surface area contributed by atoms with Crippen LogP contribution in [0.5, 0.6) is 5.75 Å². The number of rotatable bonds is 5. The Hall–Kier alpha value is -1.51. The molecule has 3 atom stereocenters. The topological polar surface area (TPSA) is 38.3 Å². The summed E-state index contributed by atoms with van der Waals surface area (Å²) in [6.07, 6.45) is 5.79. The van der Waals surface area contributed by atoms with E-state index in [9.17, 15) is 4.79 Å². The summed E-state index contributed by atoms with van der Waals surface area (Å²) in [6, 6.07) is 7.56. The number of anilines is 1. The number of methoxy groups -OCH3 is 1. The molecule has 1 aromatic rings. The molecule has 3 heteroatoms. The molecular weight excluding hydrogens is 262 g/mol. The highest BCUT2D eigenvalue weighted by Gasteiger charge is 2.33. The molecule has 3 nitrogen and oxygen atoms in total. The highest BCUT2D eigenvalue weighted by molar-refractivity contribution is 5.92. The van der Waals surface area contributed by atoms with Gasteiger partial charge in [-0.15, -0.1) is 0 Å². The molecule has 0 bridgehead atoms. The minimum atomic E-state index is 0.163. The molecule has 0 aliphatic heterocycles. The Kier molecular flexibility index (Phi) is 5.66. The van der Waals surface area contributed by atoms with Crippen molar-refractivity contribution in [3.05, 3.63) is 24.3 Å². The lowest BCUT2D eigenvalue weighted by atomic mass is 9.72. The standard InChI is InChI=1S/C18H27NO2/c1-4-5-14-7-6-13(2)12-17(14)18(20)19-15-8-10-16(21-3)11-9-15/h8-11,13-14,17H,4-7,12H2,1-3H3,(H,19,20)/t13-,14?,17-/m1/s1. The summed E-state index contributed by atoms with van der Waals surface area (Å²) in [5.41, 5.74) is 0.856. The predicted molar refractivity (Wildman–Crippen MR) is 86.5 cm³/mol. The zero-order valence-corrected chi connectivity index (χ0v) is 13.4. The summed E-state index contributed by atoms with van der Waals surface area (Å²) < 4.78 is 5.14. The molecule has 0 spiro atoms. The van der Waals surface area contributed by atoms with Gasteiger partial charge in [0.25, 0.3) is 0 Å². The van der Waals surface area contributed by atoms with E-state index in [0.717, 1.165) is 30.7 Å². The summed E-state index contributed by atoms with van der Waals surface area (Å²) in [7, 11) is 1.65. The van der Waals surface area contributed by atoms with Crippen LogP contribution in [0.4, 0.5) is 5.69 Å². The van der Waals surface area contributed by atoms with Crippen LogP contribution in [0.15, 0.2) is 24.3 Å². The van der Waals surface area contributed by atoms with Crippen LogP contribution in [0.25, 0.3) is 0 Å². The smallest absolute Gasteiger partial charge is 0.227 e. The maximum Gasteiger partial charge on any atom is 0.227 e. The molecule has 1 N–H and O–H groups in total. The van der Waals surface area contributed by atoms with Gasteiger partial charge in [0.1, 0.15) is 5.75 Å². The van der Waals surface area contributed by atoms with Crippen LogP contribution < -0.4 is 10.1 Å². The summed E-state index contributed by atoms with van der Waals surface area (Å²) in [5.74, 6) is 2.36. The lowest BCUT2D eigenvalue weighted by Gasteiger charge is -2.34. The first-order valence-electron chi connectivity index (χ1n) is 8.09. The molecular formula is C18H27NO2. The van der Waals surface area contributed by atoms with Crippen LogP contribution in [0.3, 0.4) is 0 Å². The van der Waals surface area contributed by atoms with Gasteiger partial charge in [0, 0.05) is 11.6 Å². The van der Waals surface area contributed by atoms with Gasteiger partial charge in [-0.05, 0) is 55.4 Å². The van der Waals surface area contributed by atoms with Crippen molar-refractivity contribution in [2.45, 2.75) is 46.0 Å². The number of amides is 1. The van der Waals surface area contributed by atoms with Crippen molar-refractivity contribution in [1.29, 1.82) is 0 Å². The molecule has 21 heavy (non-hydrogen) atoms. The second-order valence-electron chi connectivity index (χ2n) is 6.29. The van der Waals surface area contributed by atoms with Gasteiger partial charge in [-0.1, -0.05) is 26.7 Å². The molecule has 0 heterocycles. The Labute approximate surface area is 128 Å². The highest BCUT2D eigenvalue weighted by atomic mass is 16.5. The van der Waals surface area contributed by atoms with E-state index in [1.165, 1.54) is 12.8 Å².